The molecule has 4 rings (SSSR count). The highest BCUT2D eigenvalue weighted by Crippen LogP contribution is 2.40. The quantitative estimate of drug-likeness (QED) is 0.820. The number of benzene rings is 1. The first-order valence-corrected chi connectivity index (χ1v) is 10.6. The number of carbonyl (C=O) groups is 1. The fourth-order valence-corrected chi connectivity index (χ4v) is 4.48. The van der Waals surface area contributed by atoms with Gasteiger partial charge in [-0.2, -0.15) is 5.10 Å². The maximum atomic E-state index is 13.0. The van der Waals surface area contributed by atoms with E-state index in [1.165, 1.54) is 10.6 Å². The van der Waals surface area contributed by atoms with Crippen LogP contribution in [0.1, 0.15) is 40.5 Å². The second kappa shape index (κ2) is 6.12. The van der Waals surface area contributed by atoms with Gasteiger partial charge in [0.25, 0.3) is 5.91 Å². The topological polar surface area (TPSA) is 75.5 Å². The molecule has 8 heteroatoms. The molecular weight excluding hydrogens is 352 g/mol. The largest absolute Gasteiger partial charge is 0.331 e. The predicted octanol–water partition coefficient (Wildman–Crippen LogP) is 1.72. The minimum absolute atomic E-state index is 0.155. The van der Waals surface area contributed by atoms with Crippen molar-refractivity contribution in [1.82, 2.24) is 14.7 Å². The highest BCUT2D eigenvalue weighted by Gasteiger charge is 2.31. The van der Waals surface area contributed by atoms with Gasteiger partial charge in [0, 0.05) is 31.7 Å². The van der Waals surface area contributed by atoms with Gasteiger partial charge in [-0.15, -0.1) is 0 Å². The number of fused-ring (bicyclic) bond motifs is 1. The number of anilines is 1. The van der Waals surface area contributed by atoms with Crippen LogP contribution >= 0.6 is 0 Å². The van der Waals surface area contributed by atoms with Gasteiger partial charge in [-0.05, 0) is 30.5 Å². The third kappa shape index (κ3) is 3.09. The van der Waals surface area contributed by atoms with Gasteiger partial charge in [0.15, 0.2) is 5.69 Å². The Bertz CT molecular complexity index is 963. The lowest BCUT2D eigenvalue weighted by atomic mass is 10.1. The number of hydrogen-bond acceptors (Lipinski definition) is 4. The summed E-state index contributed by atoms with van der Waals surface area (Å²) in [6.45, 7) is 0.941. The average Bonchev–Trinajstić information content (AvgIpc) is 3.37. The van der Waals surface area contributed by atoms with Crippen molar-refractivity contribution >= 4 is 21.6 Å². The van der Waals surface area contributed by atoms with Crippen molar-refractivity contribution in [1.29, 1.82) is 0 Å². The Morgan fingerprint density at radius 1 is 1.19 bits per heavy atom. The van der Waals surface area contributed by atoms with Gasteiger partial charge in [-0.3, -0.25) is 13.8 Å². The molecule has 1 aliphatic heterocycles. The van der Waals surface area contributed by atoms with E-state index in [9.17, 15) is 13.2 Å². The van der Waals surface area contributed by atoms with E-state index in [0.717, 1.165) is 24.1 Å². The molecule has 0 unspecified atom stereocenters. The van der Waals surface area contributed by atoms with Crippen molar-refractivity contribution in [2.45, 2.75) is 25.3 Å². The Morgan fingerprint density at radius 2 is 1.92 bits per heavy atom. The molecule has 26 heavy (non-hydrogen) atoms. The number of sulfonamides is 1. The van der Waals surface area contributed by atoms with Crippen molar-refractivity contribution in [3.63, 3.8) is 0 Å². The van der Waals surface area contributed by atoms with Crippen molar-refractivity contribution < 1.29 is 13.2 Å². The standard InChI is InChI=1S/C18H22N4O3S/c1-20-17(13-7-8-13)11-15(19-20)18(23)21-9-10-22(26(2,24)25)16-6-4-3-5-14(16)12-21/h3-6,11,13H,7-10,12H2,1-2H3. The monoisotopic (exact) mass is 374 g/mol. The maximum absolute atomic E-state index is 13.0. The van der Waals surface area contributed by atoms with Gasteiger partial charge in [-0.1, -0.05) is 18.2 Å². The van der Waals surface area contributed by atoms with E-state index in [-0.39, 0.29) is 12.5 Å². The molecule has 1 amide bonds. The molecular formula is C18H22N4O3S. The smallest absolute Gasteiger partial charge is 0.274 e. The van der Waals surface area contributed by atoms with Gasteiger partial charge >= 0.3 is 0 Å². The number of nitrogens with zero attached hydrogens (tertiary/aromatic N) is 4. The van der Waals surface area contributed by atoms with Gasteiger partial charge in [0.2, 0.25) is 10.0 Å². The Hall–Kier alpha value is -2.35. The third-order valence-corrected chi connectivity index (χ3v) is 6.19. The van der Waals surface area contributed by atoms with Gasteiger partial charge < -0.3 is 4.90 Å². The normalized spacial score (nSPS) is 17.8. The fourth-order valence-electron chi connectivity index (χ4n) is 3.53. The minimum Gasteiger partial charge on any atom is -0.331 e. The highest BCUT2D eigenvalue weighted by atomic mass is 32.2. The summed E-state index contributed by atoms with van der Waals surface area (Å²) < 4.78 is 27.5. The molecule has 0 spiro atoms. The molecule has 7 nitrogen and oxygen atoms in total. The van der Waals surface area contributed by atoms with Crippen LogP contribution in [0.15, 0.2) is 30.3 Å². The zero-order chi connectivity index (χ0) is 18.5. The molecule has 2 aromatic rings. The Kier molecular flexibility index (Phi) is 4.02. The van der Waals surface area contributed by atoms with E-state index in [2.05, 4.69) is 5.10 Å². The molecule has 1 aliphatic carbocycles. The maximum Gasteiger partial charge on any atom is 0.274 e. The fraction of sp³-hybridized carbons (Fsp3) is 0.444. The molecule has 0 N–H and O–H groups in total. The predicted molar refractivity (Wildman–Crippen MR) is 98.6 cm³/mol. The average molecular weight is 374 g/mol. The van der Waals surface area contributed by atoms with Crippen LogP contribution in [0.5, 0.6) is 0 Å². The van der Waals surface area contributed by atoms with Crippen LogP contribution < -0.4 is 4.31 Å². The van der Waals surface area contributed by atoms with Crippen LogP contribution in [-0.2, 0) is 23.6 Å². The van der Waals surface area contributed by atoms with E-state index in [4.69, 9.17) is 0 Å². The Labute approximate surface area is 153 Å². The molecule has 0 saturated heterocycles. The van der Waals surface area contributed by atoms with Gasteiger partial charge in [-0.25, -0.2) is 8.42 Å². The zero-order valence-corrected chi connectivity index (χ0v) is 15.7. The van der Waals surface area contributed by atoms with Crippen LogP contribution in [0.3, 0.4) is 0 Å². The summed E-state index contributed by atoms with van der Waals surface area (Å²) in [5.74, 6) is 0.359. The molecule has 0 atom stereocenters. The van der Waals surface area contributed by atoms with Crippen molar-refractivity contribution in [3.05, 3.63) is 47.3 Å². The Morgan fingerprint density at radius 3 is 2.62 bits per heavy atom. The molecule has 138 valence electrons. The number of aromatic nitrogens is 2. The molecule has 1 aromatic heterocycles. The molecule has 2 aliphatic rings. The van der Waals surface area contributed by atoms with E-state index in [1.807, 2.05) is 31.3 Å². The van der Waals surface area contributed by atoms with Gasteiger partial charge in [0.05, 0.1) is 18.5 Å². The number of amides is 1. The molecule has 0 radical (unpaired) electrons. The summed E-state index contributed by atoms with van der Waals surface area (Å²) in [5.41, 5.74) is 2.99. The number of rotatable bonds is 3. The van der Waals surface area contributed by atoms with Crippen molar-refractivity contribution in [3.8, 4) is 0 Å². The van der Waals surface area contributed by atoms with Crippen LogP contribution in [-0.4, -0.2) is 48.4 Å². The van der Waals surface area contributed by atoms with E-state index in [0.29, 0.717) is 30.4 Å². The summed E-state index contributed by atoms with van der Waals surface area (Å²) in [5, 5.41) is 4.39. The molecule has 1 saturated carbocycles. The summed E-state index contributed by atoms with van der Waals surface area (Å²) in [7, 11) is -1.54. The third-order valence-electron chi connectivity index (χ3n) is 5.01. The second-order valence-electron chi connectivity index (χ2n) is 7.04. The zero-order valence-electron chi connectivity index (χ0n) is 14.9. The van der Waals surface area contributed by atoms with Crippen LogP contribution in [0, 0.1) is 0 Å². The highest BCUT2D eigenvalue weighted by molar-refractivity contribution is 7.92. The lowest BCUT2D eigenvalue weighted by molar-refractivity contribution is 0.0745. The van der Waals surface area contributed by atoms with E-state index < -0.39 is 10.0 Å². The molecule has 0 bridgehead atoms. The van der Waals surface area contributed by atoms with Crippen LogP contribution in [0.2, 0.25) is 0 Å². The minimum atomic E-state index is -3.41. The number of para-hydroxylation sites is 1. The lowest BCUT2D eigenvalue weighted by Crippen LogP contribution is -2.37. The number of carbonyl (C=O) groups excluding carboxylic acids is 1. The first-order valence-electron chi connectivity index (χ1n) is 8.73. The SMILES string of the molecule is Cn1nc(C(=O)N2CCN(S(C)(=O)=O)c3ccccc3C2)cc1C1CC1. The lowest BCUT2D eigenvalue weighted by Gasteiger charge is -2.22. The number of hydrogen-bond donors (Lipinski definition) is 0. The second-order valence-corrected chi connectivity index (χ2v) is 8.95. The summed E-state index contributed by atoms with van der Waals surface area (Å²) in [6.07, 6.45) is 3.49. The van der Waals surface area contributed by atoms with Crippen LogP contribution in [0.25, 0.3) is 0 Å². The van der Waals surface area contributed by atoms with Crippen molar-refractivity contribution in [2.75, 3.05) is 23.7 Å². The molecule has 2 heterocycles. The molecule has 1 fully saturated rings. The first-order chi connectivity index (χ1) is 12.3. The van der Waals surface area contributed by atoms with Gasteiger partial charge in [0.1, 0.15) is 0 Å². The Balaban J connectivity index is 1.64. The summed E-state index contributed by atoms with van der Waals surface area (Å²) in [6, 6.07) is 9.21. The van der Waals surface area contributed by atoms with E-state index in [1.54, 1.807) is 15.6 Å². The summed E-state index contributed by atoms with van der Waals surface area (Å²) in [4.78, 5) is 14.7. The summed E-state index contributed by atoms with van der Waals surface area (Å²) >= 11 is 0. The van der Waals surface area contributed by atoms with E-state index >= 15 is 0 Å². The van der Waals surface area contributed by atoms with Crippen molar-refractivity contribution in [2.24, 2.45) is 7.05 Å². The molecule has 1 aromatic carbocycles. The number of aryl methyl sites for hydroxylation is 1. The van der Waals surface area contributed by atoms with Crippen LogP contribution in [0.4, 0.5) is 5.69 Å². The first kappa shape index (κ1) is 17.1.